The summed E-state index contributed by atoms with van der Waals surface area (Å²) in [5.41, 5.74) is 1.45. The zero-order valence-electron chi connectivity index (χ0n) is 13.4. The smallest absolute Gasteiger partial charge is 0.0505 e. The Balaban J connectivity index is 0.00000220. The van der Waals surface area contributed by atoms with Crippen LogP contribution >= 0.6 is 24.2 Å². The minimum atomic E-state index is 0. The normalized spacial score (nSPS) is 15.8. The molecule has 21 heavy (non-hydrogen) atoms. The van der Waals surface area contributed by atoms with E-state index in [1.165, 1.54) is 68.3 Å². The van der Waals surface area contributed by atoms with Crippen molar-refractivity contribution in [3.05, 3.63) is 24.3 Å². The van der Waals surface area contributed by atoms with Gasteiger partial charge in [0.2, 0.25) is 0 Å². The maximum absolute atomic E-state index is 2.61. The van der Waals surface area contributed by atoms with Crippen LogP contribution in [0.15, 0.2) is 29.2 Å². The second-order valence-corrected chi connectivity index (χ2v) is 6.64. The first-order chi connectivity index (χ1) is 9.85. The molecule has 0 spiro atoms. The maximum atomic E-state index is 2.61. The molecule has 0 bridgehead atoms. The van der Waals surface area contributed by atoms with E-state index in [1.807, 2.05) is 11.8 Å². The number of nitrogens with zero attached hydrogens (tertiary/aromatic N) is 2. The summed E-state index contributed by atoms with van der Waals surface area (Å²) in [6.07, 6.45) is 3.88. The molecule has 1 aliphatic heterocycles. The highest BCUT2D eigenvalue weighted by Crippen LogP contribution is 2.31. The van der Waals surface area contributed by atoms with Crippen LogP contribution < -0.4 is 4.90 Å². The number of hydrogen-bond donors (Lipinski definition) is 0. The van der Waals surface area contributed by atoms with Crippen molar-refractivity contribution in [1.82, 2.24) is 4.90 Å². The molecule has 2 rings (SSSR count). The van der Waals surface area contributed by atoms with Crippen LogP contribution in [-0.2, 0) is 0 Å². The maximum Gasteiger partial charge on any atom is 0.0505 e. The van der Waals surface area contributed by atoms with E-state index in [2.05, 4.69) is 47.9 Å². The molecule has 0 amide bonds. The van der Waals surface area contributed by atoms with Gasteiger partial charge in [-0.15, -0.1) is 24.2 Å². The third-order valence-corrected chi connectivity index (χ3v) is 5.14. The van der Waals surface area contributed by atoms with Gasteiger partial charge in [-0.25, -0.2) is 0 Å². The van der Waals surface area contributed by atoms with Crippen LogP contribution in [0, 0.1) is 0 Å². The van der Waals surface area contributed by atoms with Gasteiger partial charge in [-0.2, -0.15) is 0 Å². The number of para-hydroxylation sites is 1. The zero-order chi connectivity index (χ0) is 14.2. The van der Waals surface area contributed by atoms with Crippen molar-refractivity contribution < 1.29 is 0 Å². The lowest BCUT2D eigenvalue weighted by Crippen LogP contribution is -2.46. The molecule has 0 aromatic heterocycles. The predicted molar refractivity (Wildman–Crippen MR) is 98.3 cm³/mol. The van der Waals surface area contributed by atoms with Gasteiger partial charge in [-0.3, -0.25) is 4.90 Å². The number of thioether (sulfide) groups is 1. The zero-order valence-corrected chi connectivity index (χ0v) is 15.0. The molecular formula is C17H29ClN2S. The minimum Gasteiger partial charge on any atom is -0.368 e. The Morgan fingerprint density at radius 2 is 1.71 bits per heavy atom. The fraction of sp³-hybridized carbons (Fsp3) is 0.647. The Hall–Kier alpha value is -0.380. The van der Waals surface area contributed by atoms with Crippen molar-refractivity contribution in [3.63, 3.8) is 0 Å². The van der Waals surface area contributed by atoms with Crippen LogP contribution in [0.1, 0.15) is 33.1 Å². The third kappa shape index (κ3) is 5.72. The van der Waals surface area contributed by atoms with Crippen molar-refractivity contribution in [1.29, 1.82) is 0 Å². The molecule has 0 N–H and O–H groups in total. The second kappa shape index (κ2) is 10.4. The summed E-state index contributed by atoms with van der Waals surface area (Å²) in [5, 5.41) is 0. The summed E-state index contributed by atoms with van der Waals surface area (Å²) in [4.78, 5) is 6.64. The molecule has 0 saturated carbocycles. The molecule has 0 radical (unpaired) electrons. The average Bonchev–Trinajstić information content (AvgIpc) is 2.52. The summed E-state index contributed by atoms with van der Waals surface area (Å²) < 4.78 is 0. The standard InChI is InChI=1S/C17H28N2S.ClH/c1-3-5-10-18-11-13-19(14-12-18)16-8-6-7-9-17(16)20-15-4-2;/h6-9H,3-5,10-15H2,1-2H3;1H. The molecule has 1 heterocycles. The van der Waals surface area contributed by atoms with E-state index in [-0.39, 0.29) is 12.4 Å². The molecule has 0 aliphatic carbocycles. The van der Waals surface area contributed by atoms with Gasteiger partial charge in [-0.05, 0) is 37.3 Å². The van der Waals surface area contributed by atoms with Gasteiger partial charge in [0.15, 0.2) is 0 Å². The molecular weight excluding hydrogens is 300 g/mol. The van der Waals surface area contributed by atoms with Crippen LogP contribution in [0.25, 0.3) is 0 Å². The van der Waals surface area contributed by atoms with Gasteiger partial charge in [0.1, 0.15) is 0 Å². The molecule has 1 aromatic rings. The lowest BCUT2D eigenvalue weighted by atomic mass is 10.2. The molecule has 1 saturated heterocycles. The molecule has 120 valence electrons. The Morgan fingerprint density at radius 1 is 1.00 bits per heavy atom. The number of piperazine rings is 1. The van der Waals surface area contributed by atoms with E-state index in [0.29, 0.717) is 0 Å². The highest BCUT2D eigenvalue weighted by atomic mass is 35.5. The van der Waals surface area contributed by atoms with Crippen LogP contribution in [0.3, 0.4) is 0 Å². The summed E-state index contributed by atoms with van der Waals surface area (Å²) in [7, 11) is 0. The molecule has 0 atom stereocenters. The van der Waals surface area contributed by atoms with Crippen molar-refractivity contribution in [2.75, 3.05) is 43.4 Å². The molecule has 1 aromatic carbocycles. The summed E-state index contributed by atoms with van der Waals surface area (Å²) in [6.45, 7) is 10.6. The lowest BCUT2D eigenvalue weighted by Gasteiger charge is -2.36. The number of rotatable bonds is 7. The number of benzene rings is 1. The topological polar surface area (TPSA) is 6.48 Å². The van der Waals surface area contributed by atoms with E-state index in [9.17, 15) is 0 Å². The summed E-state index contributed by atoms with van der Waals surface area (Å²) in [5.74, 6) is 1.22. The fourth-order valence-electron chi connectivity index (χ4n) is 2.65. The lowest BCUT2D eigenvalue weighted by molar-refractivity contribution is 0.254. The summed E-state index contributed by atoms with van der Waals surface area (Å²) in [6, 6.07) is 8.91. The van der Waals surface area contributed by atoms with Crippen molar-refractivity contribution in [3.8, 4) is 0 Å². The summed E-state index contributed by atoms with van der Waals surface area (Å²) >= 11 is 2.00. The highest BCUT2D eigenvalue weighted by Gasteiger charge is 2.18. The molecule has 1 fully saturated rings. The number of hydrogen-bond acceptors (Lipinski definition) is 3. The first kappa shape index (κ1) is 18.7. The van der Waals surface area contributed by atoms with E-state index < -0.39 is 0 Å². The monoisotopic (exact) mass is 328 g/mol. The Kier molecular flexibility index (Phi) is 9.21. The Morgan fingerprint density at radius 3 is 2.38 bits per heavy atom. The third-order valence-electron chi connectivity index (χ3n) is 3.87. The average molecular weight is 329 g/mol. The highest BCUT2D eigenvalue weighted by molar-refractivity contribution is 7.99. The quantitative estimate of drug-likeness (QED) is 0.679. The van der Waals surface area contributed by atoms with Gasteiger partial charge in [-0.1, -0.05) is 32.4 Å². The van der Waals surface area contributed by atoms with Crippen LogP contribution in [0.5, 0.6) is 0 Å². The minimum absolute atomic E-state index is 0. The number of anilines is 1. The second-order valence-electron chi connectivity index (χ2n) is 5.50. The Bertz CT molecular complexity index is 392. The van der Waals surface area contributed by atoms with Gasteiger partial charge in [0, 0.05) is 31.1 Å². The molecule has 2 nitrogen and oxygen atoms in total. The first-order valence-electron chi connectivity index (χ1n) is 8.04. The van der Waals surface area contributed by atoms with Crippen molar-refractivity contribution >= 4 is 29.9 Å². The first-order valence-corrected chi connectivity index (χ1v) is 9.02. The van der Waals surface area contributed by atoms with Crippen LogP contribution in [0.4, 0.5) is 5.69 Å². The van der Waals surface area contributed by atoms with Gasteiger partial charge < -0.3 is 4.90 Å². The van der Waals surface area contributed by atoms with E-state index in [4.69, 9.17) is 0 Å². The van der Waals surface area contributed by atoms with Gasteiger partial charge >= 0.3 is 0 Å². The molecule has 1 aliphatic rings. The Labute approximate surface area is 140 Å². The number of halogens is 1. The predicted octanol–water partition coefficient (Wildman–Crippen LogP) is 4.53. The fourth-order valence-corrected chi connectivity index (χ4v) is 3.59. The van der Waals surface area contributed by atoms with E-state index in [0.717, 1.165) is 0 Å². The molecule has 4 heteroatoms. The van der Waals surface area contributed by atoms with Crippen molar-refractivity contribution in [2.24, 2.45) is 0 Å². The van der Waals surface area contributed by atoms with Crippen molar-refractivity contribution in [2.45, 2.75) is 38.0 Å². The van der Waals surface area contributed by atoms with Gasteiger partial charge in [0.25, 0.3) is 0 Å². The largest absolute Gasteiger partial charge is 0.368 e. The van der Waals surface area contributed by atoms with Gasteiger partial charge in [0.05, 0.1) is 5.69 Å². The van der Waals surface area contributed by atoms with Crippen LogP contribution in [0.2, 0.25) is 0 Å². The van der Waals surface area contributed by atoms with E-state index in [1.54, 1.807) is 0 Å². The SMILES string of the molecule is CCCCN1CCN(c2ccccc2SCCC)CC1.Cl. The van der Waals surface area contributed by atoms with Crippen LogP contribution in [-0.4, -0.2) is 43.4 Å². The molecule has 0 unspecified atom stereocenters. The van der Waals surface area contributed by atoms with E-state index >= 15 is 0 Å². The number of unbranched alkanes of at least 4 members (excludes halogenated alkanes) is 1.